The Hall–Kier alpha value is -0.930. The second-order valence-electron chi connectivity index (χ2n) is 4.10. The third-order valence-corrected chi connectivity index (χ3v) is 2.09. The lowest BCUT2D eigenvalue weighted by atomic mass is 10.1. The van der Waals surface area contributed by atoms with Gasteiger partial charge in [-0.25, -0.2) is 4.39 Å². The van der Waals surface area contributed by atoms with Crippen molar-refractivity contribution in [2.75, 3.05) is 6.61 Å². The average molecular weight is 211 g/mol. The summed E-state index contributed by atoms with van der Waals surface area (Å²) in [5, 5.41) is 0. The molecule has 0 atom stereocenters. The van der Waals surface area contributed by atoms with Gasteiger partial charge in [-0.15, -0.1) is 0 Å². The molecule has 0 aromatic heterocycles. The second-order valence-corrected chi connectivity index (χ2v) is 4.10. The first-order valence-electron chi connectivity index (χ1n) is 5.19. The Labute approximate surface area is 90.4 Å². The van der Waals surface area contributed by atoms with Crippen molar-refractivity contribution >= 4 is 0 Å². The molecule has 0 aliphatic rings. The van der Waals surface area contributed by atoms with Gasteiger partial charge in [0.1, 0.15) is 5.82 Å². The van der Waals surface area contributed by atoms with Crippen molar-refractivity contribution in [1.29, 1.82) is 0 Å². The molecule has 0 fully saturated rings. The van der Waals surface area contributed by atoms with Gasteiger partial charge >= 0.3 is 0 Å². The number of hydroxylamine groups is 1. The molecule has 0 amide bonds. The lowest BCUT2D eigenvalue weighted by Gasteiger charge is -2.09. The van der Waals surface area contributed by atoms with Gasteiger partial charge < -0.3 is 4.84 Å². The molecule has 0 heterocycles. The topological polar surface area (TPSA) is 21.3 Å². The normalized spacial score (nSPS) is 11.0. The van der Waals surface area contributed by atoms with Gasteiger partial charge in [0.15, 0.2) is 0 Å². The van der Waals surface area contributed by atoms with E-state index in [0.29, 0.717) is 19.1 Å². The zero-order chi connectivity index (χ0) is 11.3. The van der Waals surface area contributed by atoms with E-state index in [4.69, 9.17) is 4.84 Å². The van der Waals surface area contributed by atoms with Crippen LogP contribution in [0.1, 0.15) is 25.0 Å². The van der Waals surface area contributed by atoms with Crippen molar-refractivity contribution in [3.05, 3.63) is 35.1 Å². The maximum Gasteiger partial charge on any atom is 0.123 e. The number of nitrogens with one attached hydrogen (secondary N) is 1. The number of hydrogen-bond donors (Lipinski definition) is 1. The number of halogens is 1. The first-order chi connectivity index (χ1) is 7.09. The summed E-state index contributed by atoms with van der Waals surface area (Å²) in [4.78, 5) is 5.22. The fraction of sp³-hybridized carbons (Fsp3) is 0.500. The number of benzene rings is 1. The van der Waals surface area contributed by atoms with Gasteiger partial charge in [-0.1, -0.05) is 19.9 Å². The molecule has 15 heavy (non-hydrogen) atoms. The first-order valence-corrected chi connectivity index (χ1v) is 5.19. The molecule has 0 radical (unpaired) electrons. The molecule has 1 aromatic rings. The predicted octanol–water partition coefficient (Wildman–Crippen LogP) is 2.81. The minimum absolute atomic E-state index is 0.207. The van der Waals surface area contributed by atoms with E-state index in [9.17, 15) is 4.39 Å². The number of rotatable bonds is 5. The van der Waals surface area contributed by atoms with Gasteiger partial charge in [-0.3, -0.25) is 0 Å². The summed E-state index contributed by atoms with van der Waals surface area (Å²) in [6, 6.07) is 4.77. The van der Waals surface area contributed by atoms with Crippen LogP contribution in [0.25, 0.3) is 0 Å². The summed E-state index contributed by atoms with van der Waals surface area (Å²) < 4.78 is 12.9. The molecule has 0 bridgehead atoms. The molecule has 0 aliphatic carbocycles. The van der Waals surface area contributed by atoms with E-state index in [1.165, 1.54) is 12.1 Å². The predicted molar refractivity (Wildman–Crippen MR) is 58.8 cm³/mol. The van der Waals surface area contributed by atoms with Gasteiger partial charge in [0.2, 0.25) is 0 Å². The molecule has 0 spiro atoms. The number of hydrogen-bond acceptors (Lipinski definition) is 2. The van der Waals surface area contributed by atoms with Crippen LogP contribution in [0.4, 0.5) is 4.39 Å². The molecular weight excluding hydrogens is 193 g/mol. The third-order valence-electron chi connectivity index (χ3n) is 2.09. The minimum atomic E-state index is -0.207. The van der Waals surface area contributed by atoms with Gasteiger partial charge in [-0.2, -0.15) is 5.48 Å². The molecule has 0 unspecified atom stereocenters. The second kappa shape index (κ2) is 5.83. The zero-order valence-corrected chi connectivity index (χ0v) is 9.51. The quantitative estimate of drug-likeness (QED) is 0.597. The minimum Gasteiger partial charge on any atom is -0.301 e. The molecule has 2 nitrogen and oxygen atoms in total. The van der Waals surface area contributed by atoms with E-state index in [-0.39, 0.29) is 5.82 Å². The molecular formula is C12H18FNO. The fourth-order valence-electron chi connectivity index (χ4n) is 1.18. The van der Waals surface area contributed by atoms with Crippen LogP contribution in [0, 0.1) is 18.7 Å². The van der Waals surface area contributed by atoms with E-state index < -0.39 is 0 Å². The van der Waals surface area contributed by atoms with Crippen molar-refractivity contribution in [1.82, 2.24) is 5.48 Å². The van der Waals surface area contributed by atoms with Crippen LogP contribution in [0.3, 0.4) is 0 Å². The highest BCUT2D eigenvalue weighted by Crippen LogP contribution is 2.09. The fourth-order valence-corrected chi connectivity index (χ4v) is 1.18. The first kappa shape index (κ1) is 12.1. The summed E-state index contributed by atoms with van der Waals surface area (Å²) in [6.07, 6.45) is 0. The highest BCUT2D eigenvalue weighted by molar-refractivity contribution is 5.26. The van der Waals surface area contributed by atoms with Crippen molar-refractivity contribution < 1.29 is 9.23 Å². The van der Waals surface area contributed by atoms with E-state index >= 15 is 0 Å². The maximum absolute atomic E-state index is 12.9. The lowest BCUT2D eigenvalue weighted by Crippen LogP contribution is -2.18. The largest absolute Gasteiger partial charge is 0.301 e. The smallest absolute Gasteiger partial charge is 0.123 e. The van der Waals surface area contributed by atoms with Crippen molar-refractivity contribution in [2.24, 2.45) is 5.92 Å². The summed E-state index contributed by atoms with van der Waals surface area (Å²) in [5.41, 5.74) is 4.83. The van der Waals surface area contributed by atoms with Gasteiger partial charge in [-0.05, 0) is 36.1 Å². The lowest BCUT2D eigenvalue weighted by molar-refractivity contribution is 0.0195. The maximum atomic E-state index is 12.9. The molecule has 0 saturated heterocycles. The Kier molecular flexibility index (Phi) is 4.72. The van der Waals surface area contributed by atoms with Crippen LogP contribution in [0.5, 0.6) is 0 Å². The van der Waals surface area contributed by atoms with Gasteiger partial charge in [0.25, 0.3) is 0 Å². The van der Waals surface area contributed by atoms with Gasteiger partial charge in [0.05, 0.1) is 6.61 Å². The Morgan fingerprint density at radius 2 is 2.13 bits per heavy atom. The SMILES string of the molecule is Cc1ccc(F)cc1CNOCC(C)C. The highest BCUT2D eigenvalue weighted by atomic mass is 19.1. The van der Waals surface area contributed by atoms with E-state index in [1.807, 2.05) is 6.92 Å². The van der Waals surface area contributed by atoms with E-state index in [2.05, 4.69) is 19.3 Å². The Morgan fingerprint density at radius 1 is 1.40 bits per heavy atom. The monoisotopic (exact) mass is 211 g/mol. The standard InChI is InChI=1S/C12H18FNO/c1-9(2)8-15-14-7-11-6-12(13)5-4-10(11)3/h4-6,9,14H,7-8H2,1-3H3. The van der Waals surface area contributed by atoms with Gasteiger partial charge in [0, 0.05) is 6.54 Å². The van der Waals surface area contributed by atoms with Crippen LogP contribution in [0.15, 0.2) is 18.2 Å². The average Bonchev–Trinajstić information content (AvgIpc) is 2.17. The van der Waals surface area contributed by atoms with Crippen LogP contribution in [-0.4, -0.2) is 6.61 Å². The summed E-state index contributed by atoms with van der Waals surface area (Å²) >= 11 is 0. The molecule has 1 N–H and O–H groups in total. The zero-order valence-electron chi connectivity index (χ0n) is 9.51. The van der Waals surface area contributed by atoms with Crippen molar-refractivity contribution in [2.45, 2.75) is 27.3 Å². The molecule has 0 aliphatic heterocycles. The summed E-state index contributed by atoms with van der Waals surface area (Å²) in [7, 11) is 0. The number of aryl methyl sites for hydroxylation is 1. The molecule has 3 heteroatoms. The molecule has 0 saturated carbocycles. The summed E-state index contributed by atoms with van der Waals surface area (Å²) in [5.74, 6) is 0.285. The van der Waals surface area contributed by atoms with Crippen LogP contribution in [-0.2, 0) is 11.4 Å². The van der Waals surface area contributed by atoms with Crippen molar-refractivity contribution in [3.8, 4) is 0 Å². The summed E-state index contributed by atoms with van der Waals surface area (Å²) in [6.45, 7) is 7.31. The Bertz CT molecular complexity index is 312. The van der Waals surface area contributed by atoms with Crippen LogP contribution >= 0.6 is 0 Å². The Balaban J connectivity index is 2.40. The highest BCUT2D eigenvalue weighted by Gasteiger charge is 2.00. The van der Waals surface area contributed by atoms with E-state index in [0.717, 1.165) is 11.1 Å². The van der Waals surface area contributed by atoms with E-state index in [1.54, 1.807) is 6.07 Å². The van der Waals surface area contributed by atoms with Crippen LogP contribution in [0.2, 0.25) is 0 Å². The van der Waals surface area contributed by atoms with Crippen molar-refractivity contribution in [3.63, 3.8) is 0 Å². The molecule has 84 valence electrons. The Morgan fingerprint density at radius 3 is 2.80 bits per heavy atom. The third kappa shape index (κ3) is 4.40. The molecule has 1 rings (SSSR count). The molecule has 1 aromatic carbocycles. The van der Waals surface area contributed by atoms with Crippen LogP contribution < -0.4 is 5.48 Å².